The van der Waals surface area contributed by atoms with Gasteiger partial charge in [0.1, 0.15) is 13.2 Å². The van der Waals surface area contributed by atoms with Gasteiger partial charge in [0.25, 0.3) is 5.56 Å². The summed E-state index contributed by atoms with van der Waals surface area (Å²) in [5.74, 6) is 0.749. The molecule has 5 nitrogen and oxygen atoms in total. The van der Waals surface area contributed by atoms with Crippen LogP contribution < -0.4 is 20.3 Å². The third-order valence-electron chi connectivity index (χ3n) is 6.32. The second-order valence-corrected chi connectivity index (χ2v) is 9.65. The third kappa shape index (κ3) is 8.28. The Morgan fingerprint density at radius 3 is 2.41 bits per heavy atom. The fourth-order valence-corrected chi connectivity index (χ4v) is 4.29. The summed E-state index contributed by atoms with van der Waals surface area (Å²) in [6.07, 6.45) is 10.6. The quantitative estimate of drug-likeness (QED) is 0.160. The number of anilines is 1. The van der Waals surface area contributed by atoms with E-state index in [-0.39, 0.29) is 17.9 Å². The number of pyridine rings is 1. The number of hydrogen-bond donors (Lipinski definition) is 1. The van der Waals surface area contributed by atoms with Gasteiger partial charge in [-0.25, -0.2) is 0 Å². The highest BCUT2D eigenvalue weighted by Gasteiger charge is 2.20. The molecule has 0 radical (unpaired) electrons. The van der Waals surface area contributed by atoms with Crippen LogP contribution in [0.25, 0.3) is 10.9 Å². The van der Waals surface area contributed by atoms with Crippen molar-refractivity contribution in [3.8, 4) is 11.5 Å². The topological polar surface area (TPSA) is 52.5 Å². The molecule has 3 rings (SSSR count). The standard InChI is InChI=1S/C32H42N2O3/c1-5-7-8-9-10-14-20-34-29-23-27(33-24-26-15-12-11-13-16-26)17-18-28(29)30(37-22-19-25(3)4)31(32(34)35)36-21-6-2/h6,11-13,15-19,23,33H,2,5,7-10,14,20-22,24H2,1,3-4H3. The van der Waals surface area contributed by atoms with E-state index in [2.05, 4.69) is 37.0 Å². The molecule has 2 aromatic carbocycles. The Morgan fingerprint density at radius 2 is 1.68 bits per heavy atom. The Balaban J connectivity index is 2.00. The number of aromatic nitrogens is 1. The summed E-state index contributed by atoms with van der Waals surface area (Å²) < 4.78 is 13.9. The van der Waals surface area contributed by atoms with Gasteiger partial charge < -0.3 is 19.4 Å². The van der Waals surface area contributed by atoms with Crippen LogP contribution in [0.15, 0.2) is 77.6 Å². The summed E-state index contributed by atoms with van der Waals surface area (Å²) in [4.78, 5) is 13.8. The van der Waals surface area contributed by atoms with E-state index < -0.39 is 0 Å². The zero-order valence-corrected chi connectivity index (χ0v) is 22.7. The Bertz CT molecular complexity index is 1220. The highest BCUT2D eigenvalue weighted by Crippen LogP contribution is 2.35. The van der Waals surface area contributed by atoms with Crippen molar-refractivity contribution in [1.82, 2.24) is 4.57 Å². The lowest BCUT2D eigenvalue weighted by atomic mass is 10.1. The van der Waals surface area contributed by atoms with Crippen LogP contribution >= 0.6 is 0 Å². The molecule has 0 aliphatic heterocycles. The first-order valence-corrected chi connectivity index (χ1v) is 13.5. The lowest BCUT2D eigenvalue weighted by Gasteiger charge is -2.19. The van der Waals surface area contributed by atoms with Crippen LogP contribution in [0.2, 0.25) is 0 Å². The minimum atomic E-state index is -0.157. The molecule has 3 aromatic rings. The minimum Gasteiger partial charge on any atom is -0.485 e. The number of hydrogen-bond acceptors (Lipinski definition) is 4. The van der Waals surface area contributed by atoms with Crippen LogP contribution in [0.1, 0.15) is 64.9 Å². The van der Waals surface area contributed by atoms with E-state index in [0.29, 0.717) is 25.4 Å². The van der Waals surface area contributed by atoms with Crippen LogP contribution in [-0.4, -0.2) is 17.8 Å². The Labute approximate surface area is 221 Å². The zero-order chi connectivity index (χ0) is 26.5. The molecular weight excluding hydrogens is 460 g/mol. The predicted octanol–water partition coefficient (Wildman–Crippen LogP) is 7.88. The van der Waals surface area contributed by atoms with Crippen molar-refractivity contribution in [3.05, 3.63) is 88.8 Å². The number of aryl methyl sites for hydroxylation is 1. The first-order chi connectivity index (χ1) is 18.0. The van der Waals surface area contributed by atoms with Gasteiger partial charge in [-0.2, -0.15) is 0 Å². The molecule has 0 bridgehead atoms. The van der Waals surface area contributed by atoms with Gasteiger partial charge in [0, 0.05) is 24.2 Å². The lowest BCUT2D eigenvalue weighted by molar-refractivity contribution is 0.304. The van der Waals surface area contributed by atoms with E-state index in [0.717, 1.165) is 35.0 Å². The molecule has 0 saturated heterocycles. The maximum absolute atomic E-state index is 13.8. The van der Waals surface area contributed by atoms with Crippen LogP contribution in [0.3, 0.4) is 0 Å². The molecule has 0 spiro atoms. The monoisotopic (exact) mass is 502 g/mol. The first-order valence-electron chi connectivity index (χ1n) is 13.5. The number of ether oxygens (including phenoxy) is 2. The summed E-state index contributed by atoms with van der Waals surface area (Å²) in [7, 11) is 0. The number of fused-ring (bicyclic) bond motifs is 1. The van der Waals surface area contributed by atoms with Gasteiger partial charge >= 0.3 is 0 Å². The van der Waals surface area contributed by atoms with Crippen molar-refractivity contribution in [2.45, 2.75) is 72.4 Å². The van der Waals surface area contributed by atoms with Gasteiger partial charge in [-0.15, -0.1) is 0 Å². The fraction of sp³-hybridized carbons (Fsp3) is 0.406. The Kier molecular flexibility index (Phi) is 11.3. The average molecular weight is 503 g/mol. The highest BCUT2D eigenvalue weighted by molar-refractivity contribution is 5.90. The molecule has 37 heavy (non-hydrogen) atoms. The minimum absolute atomic E-state index is 0.157. The zero-order valence-electron chi connectivity index (χ0n) is 22.7. The highest BCUT2D eigenvalue weighted by atomic mass is 16.5. The van der Waals surface area contributed by atoms with Crippen LogP contribution in [0.4, 0.5) is 5.69 Å². The fourth-order valence-electron chi connectivity index (χ4n) is 4.29. The van der Waals surface area contributed by atoms with Gasteiger partial charge in [-0.05, 0) is 50.1 Å². The van der Waals surface area contributed by atoms with E-state index in [9.17, 15) is 4.79 Å². The van der Waals surface area contributed by atoms with E-state index in [1.807, 2.05) is 54.8 Å². The second kappa shape index (κ2) is 14.9. The number of rotatable bonds is 16. The van der Waals surface area contributed by atoms with Gasteiger partial charge in [0.2, 0.25) is 5.75 Å². The van der Waals surface area contributed by atoms with Crippen molar-refractivity contribution in [3.63, 3.8) is 0 Å². The van der Waals surface area contributed by atoms with Crippen molar-refractivity contribution in [2.75, 3.05) is 18.5 Å². The molecule has 0 aliphatic rings. The molecule has 0 fully saturated rings. The molecule has 0 aliphatic carbocycles. The van der Waals surface area contributed by atoms with E-state index in [4.69, 9.17) is 9.47 Å². The summed E-state index contributed by atoms with van der Waals surface area (Å²) in [5.41, 5.74) is 4.01. The number of nitrogens with zero attached hydrogens (tertiary/aromatic N) is 1. The lowest BCUT2D eigenvalue weighted by Crippen LogP contribution is -2.24. The molecule has 198 valence electrons. The van der Waals surface area contributed by atoms with Gasteiger partial charge in [0.05, 0.1) is 5.52 Å². The molecule has 5 heteroatoms. The molecule has 0 unspecified atom stereocenters. The summed E-state index contributed by atoms with van der Waals surface area (Å²) in [6, 6.07) is 16.4. The van der Waals surface area contributed by atoms with E-state index >= 15 is 0 Å². The third-order valence-corrected chi connectivity index (χ3v) is 6.32. The molecule has 0 atom stereocenters. The van der Waals surface area contributed by atoms with Gasteiger partial charge in [0.15, 0.2) is 5.75 Å². The molecule has 1 N–H and O–H groups in total. The van der Waals surface area contributed by atoms with Gasteiger partial charge in [-0.3, -0.25) is 4.79 Å². The maximum Gasteiger partial charge on any atom is 0.297 e. The summed E-state index contributed by atoms with van der Waals surface area (Å²) in [5, 5.41) is 4.38. The van der Waals surface area contributed by atoms with E-state index in [1.165, 1.54) is 31.2 Å². The van der Waals surface area contributed by atoms with Crippen LogP contribution in [0, 0.1) is 0 Å². The number of benzene rings is 2. The Morgan fingerprint density at radius 1 is 0.946 bits per heavy atom. The maximum atomic E-state index is 13.8. The van der Waals surface area contributed by atoms with Crippen molar-refractivity contribution in [2.24, 2.45) is 0 Å². The number of unbranched alkanes of at least 4 members (excludes halogenated alkanes) is 5. The van der Waals surface area contributed by atoms with Crippen molar-refractivity contribution >= 4 is 16.6 Å². The van der Waals surface area contributed by atoms with Crippen molar-refractivity contribution in [1.29, 1.82) is 0 Å². The molecule has 0 saturated carbocycles. The largest absolute Gasteiger partial charge is 0.485 e. The summed E-state index contributed by atoms with van der Waals surface area (Å²) >= 11 is 0. The van der Waals surface area contributed by atoms with Crippen molar-refractivity contribution < 1.29 is 9.47 Å². The van der Waals surface area contributed by atoms with Gasteiger partial charge in [-0.1, -0.05) is 87.6 Å². The average Bonchev–Trinajstić information content (AvgIpc) is 2.90. The van der Waals surface area contributed by atoms with Crippen LogP contribution in [-0.2, 0) is 13.1 Å². The number of allylic oxidation sites excluding steroid dienone is 1. The SMILES string of the molecule is C=CCOc1c(OCC=C(C)C)c2ccc(NCc3ccccc3)cc2n(CCCCCCCC)c1=O. The normalized spacial score (nSPS) is 10.8. The Hall–Kier alpha value is -3.47. The number of nitrogens with one attached hydrogen (secondary N) is 1. The molecular formula is C32H42N2O3. The predicted molar refractivity (Wildman–Crippen MR) is 156 cm³/mol. The smallest absolute Gasteiger partial charge is 0.297 e. The molecule has 1 aromatic heterocycles. The second-order valence-electron chi connectivity index (χ2n) is 9.65. The molecule has 0 amide bonds. The summed E-state index contributed by atoms with van der Waals surface area (Å²) in [6.45, 7) is 12.0. The van der Waals surface area contributed by atoms with Crippen LogP contribution in [0.5, 0.6) is 11.5 Å². The first kappa shape index (κ1) is 28.1. The van der Waals surface area contributed by atoms with E-state index in [1.54, 1.807) is 6.08 Å². The molecule has 1 heterocycles.